The van der Waals surface area contributed by atoms with Crippen LogP contribution in [0.15, 0.2) is 47.0 Å². The van der Waals surface area contributed by atoms with Gasteiger partial charge in [0, 0.05) is 36.2 Å². The molecule has 31 heavy (non-hydrogen) atoms. The molecule has 1 atom stereocenters. The van der Waals surface area contributed by atoms with Crippen molar-refractivity contribution >= 4 is 11.6 Å². The normalized spacial score (nSPS) is 16.6. The van der Waals surface area contributed by atoms with Crippen LogP contribution in [0.2, 0.25) is 0 Å². The summed E-state index contributed by atoms with van der Waals surface area (Å²) < 4.78 is 16.1. The van der Waals surface area contributed by atoms with E-state index < -0.39 is 0 Å². The lowest BCUT2D eigenvalue weighted by atomic mass is 9.87. The number of ether oxygens (including phenoxy) is 2. The summed E-state index contributed by atoms with van der Waals surface area (Å²) in [6.45, 7) is 7.01. The third-order valence-corrected chi connectivity index (χ3v) is 5.61. The third-order valence-electron chi connectivity index (χ3n) is 5.61. The standard InChI is InChI=1S/C24H27N3O4/c1-24(2,3)17-8-6-15(7-9-17)23-25-22(26-31-23)16-12-21(28)27(14-16)18-10-11-19(29-4)20(13-18)30-5/h6-11,13,16H,12,14H2,1-5H3. The molecule has 0 spiro atoms. The average molecular weight is 421 g/mol. The average Bonchev–Trinajstić information content (AvgIpc) is 3.39. The topological polar surface area (TPSA) is 77.7 Å². The summed E-state index contributed by atoms with van der Waals surface area (Å²) in [4.78, 5) is 19.0. The minimum atomic E-state index is -0.132. The molecule has 1 unspecified atom stereocenters. The van der Waals surface area contributed by atoms with Crippen LogP contribution < -0.4 is 14.4 Å². The highest BCUT2D eigenvalue weighted by Crippen LogP contribution is 2.36. The van der Waals surface area contributed by atoms with Gasteiger partial charge in [0.2, 0.25) is 5.91 Å². The van der Waals surface area contributed by atoms with Gasteiger partial charge in [0.15, 0.2) is 17.3 Å². The molecule has 4 rings (SSSR count). The van der Waals surface area contributed by atoms with Crippen molar-refractivity contribution in [3.63, 3.8) is 0 Å². The van der Waals surface area contributed by atoms with Crippen LogP contribution in [0.1, 0.15) is 44.5 Å². The second-order valence-corrected chi connectivity index (χ2v) is 8.73. The van der Waals surface area contributed by atoms with Crippen LogP contribution in [-0.4, -0.2) is 36.8 Å². The van der Waals surface area contributed by atoms with E-state index in [4.69, 9.17) is 14.0 Å². The number of benzene rings is 2. The molecule has 0 bridgehead atoms. The number of carbonyl (C=O) groups is 1. The Bertz CT molecular complexity index is 1080. The fourth-order valence-electron chi connectivity index (χ4n) is 3.75. The van der Waals surface area contributed by atoms with Gasteiger partial charge in [0.25, 0.3) is 5.89 Å². The van der Waals surface area contributed by atoms with E-state index >= 15 is 0 Å². The zero-order valence-corrected chi connectivity index (χ0v) is 18.5. The van der Waals surface area contributed by atoms with Crippen LogP contribution in [0.5, 0.6) is 11.5 Å². The number of nitrogens with zero attached hydrogens (tertiary/aromatic N) is 3. The lowest BCUT2D eigenvalue weighted by Gasteiger charge is -2.18. The van der Waals surface area contributed by atoms with Gasteiger partial charge in [-0.1, -0.05) is 38.1 Å². The number of carbonyl (C=O) groups excluding carboxylic acids is 1. The van der Waals surface area contributed by atoms with Gasteiger partial charge in [0.1, 0.15) is 0 Å². The Hall–Kier alpha value is -3.35. The zero-order valence-electron chi connectivity index (χ0n) is 18.5. The maximum atomic E-state index is 12.7. The molecule has 1 aliphatic rings. The van der Waals surface area contributed by atoms with E-state index in [1.807, 2.05) is 18.2 Å². The Morgan fingerprint density at radius 3 is 2.39 bits per heavy atom. The Morgan fingerprint density at radius 1 is 1.03 bits per heavy atom. The van der Waals surface area contributed by atoms with Gasteiger partial charge in [-0.15, -0.1) is 0 Å². The van der Waals surface area contributed by atoms with E-state index in [-0.39, 0.29) is 17.2 Å². The molecule has 7 heteroatoms. The van der Waals surface area contributed by atoms with Crippen molar-refractivity contribution in [3.8, 4) is 23.0 Å². The van der Waals surface area contributed by atoms with Gasteiger partial charge in [-0.05, 0) is 35.2 Å². The number of hydrogen-bond donors (Lipinski definition) is 0. The summed E-state index contributed by atoms with van der Waals surface area (Å²) in [6, 6.07) is 13.6. The summed E-state index contributed by atoms with van der Waals surface area (Å²) in [6.07, 6.45) is 0.330. The lowest BCUT2D eigenvalue weighted by Crippen LogP contribution is -2.24. The lowest BCUT2D eigenvalue weighted by molar-refractivity contribution is -0.117. The van der Waals surface area contributed by atoms with Crippen LogP contribution in [0.4, 0.5) is 5.69 Å². The molecular weight excluding hydrogens is 394 g/mol. The van der Waals surface area contributed by atoms with Crippen molar-refractivity contribution < 1.29 is 18.8 Å². The second-order valence-electron chi connectivity index (χ2n) is 8.73. The van der Waals surface area contributed by atoms with Gasteiger partial charge in [-0.2, -0.15) is 4.98 Å². The maximum absolute atomic E-state index is 12.7. The highest BCUT2D eigenvalue weighted by molar-refractivity contribution is 5.96. The van der Waals surface area contributed by atoms with Crippen molar-refractivity contribution in [2.24, 2.45) is 0 Å². The van der Waals surface area contributed by atoms with Crippen LogP contribution in [-0.2, 0) is 10.2 Å². The molecule has 0 radical (unpaired) electrons. The van der Waals surface area contributed by atoms with Gasteiger partial charge in [-0.25, -0.2) is 0 Å². The minimum absolute atomic E-state index is 0.0121. The molecule has 3 aromatic rings. The van der Waals surface area contributed by atoms with E-state index in [2.05, 4.69) is 43.0 Å². The van der Waals surface area contributed by atoms with Gasteiger partial charge in [0.05, 0.1) is 14.2 Å². The van der Waals surface area contributed by atoms with Crippen molar-refractivity contribution in [3.05, 3.63) is 53.9 Å². The monoisotopic (exact) mass is 421 g/mol. The molecule has 1 fully saturated rings. The quantitative estimate of drug-likeness (QED) is 0.600. The molecule has 162 valence electrons. The van der Waals surface area contributed by atoms with E-state index in [0.717, 1.165) is 11.3 Å². The van der Waals surface area contributed by atoms with Crippen molar-refractivity contribution in [1.82, 2.24) is 10.1 Å². The molecule has 1 aliphatic heterocycles. The number of methoxy groups -OCH3 is 2. The molecule has 0 saturated carbocycles. The van der Waals surface area contributed by atoms with Gasteiger partial charge >= 0.3 is 0 Å². The smallest absolute Gasteiger partial charge is 0.257 e. The molecule has 2 heterocycles. The fourth-order valence-corrected chi connectivity index (χ4v) is 3.75. The van der Waals surface area contributed by atoms with E-state index in [0.29, 0.717) is 36.2 Å². The Balaban J connectivity index is 1.52. The molecule has 0 N–H and O–H groups in total. The van der Waals surface area contributed by atoms with Crippen molar-refractivity contribution in [2.75, 3.05) is 25.7 Å². The second kappa shape index (κ2) is 8.06. The first-order chi connectivity index (χ1) is 14.8. The van der Waals surface area contributed by atoms with Crippen LogP contribution in [0, 0.1) is 0 Å². The van der Waals surface area contributed by atoms with E-state index in [1.54, 1.807) is 31.3 Å². The third kappa shape index (κ3) is 4.13. The van der Waals surface area contributed by atoms with Crippen molar-refractivity contribution in [1.29, 1.82) is 0 Å². The van der Waals surface area contributed by atoms with Gasteiger partial charge in [-0.3, -0.25) is 4.79 Å². The summed E-state index contributed by atoms with van der Waals surface area (Å²) in [5, 5.41) is 4.16. The Labute approximate surface area is 182 Å². The first-order valence-electron chi connectivity index (χ1n) is 10.3. The summed E-state index contributed by atoms with van der Waals surface area (Å²) >= 11 is 0. The minimum Gasteiger partial charge on any atom is -0.493 e. The van der Waals surface area contributed by atoms with E-state index in [9.17, 15) is 4.79 Å². The SMILES string of the molecule is COc1ccc(N2CC(c3noc(-c4ccc(C(C)(C)C)cc4)n3)CC2=O)cc1OC. The number of anilines is 1. The molecule has 1 aromatic heterocycles. The highest BCUT2D eigenvalue weighted by atomic mass is 16.5. The molecule has 1 saturated heterocycles. The maximum Gasteiger partial charge on any atom is 0.257 e. The summed E-state index contributed by atoms with van der Waals surface area (Å²) in [5.41, 5.74) is 2.94. The number of aromatic nitrogens is 2. The number of rotatable bonds is 5. The van der Waals surface area contributed by atoms with E-state index in [1.165, 1.54) is 5.56 Å². The molecule has 7 nitrogen and oxygen atoms in total. The molecule has 2 aromatic carbocycles. The molecule has 0 aliphatic carbocycles. The fraction of sp³-hybridized carbons (Fsp3) is 0.375. The predicted octanol–water partition coefficient (Wildman–Crippen LogP) is 4.57. The Kier molecular flexibility index (Phi) is 5.43. The predicted molar refractivity (Wildman–Crippen MR) is 118 cm³/mol. The Morgan fingerprint density at radius 2 is 1.74 bits per heavy atom. The number of hydrogen-bond acceptors (Lipinski definition) is 6. The van der Waals surface area contributed by atoms with Gasteiger partial charge < -0.3 is 18.9 Å². The first-order valence-corrected chi connectivity index (χ1v) is 10.3. The highest BCUT2D eigenvalue weighted by Gasteiger charge is 2.35. The van der Waals surface area contributed by atoms with Crippen LogP contribution in [0.25, 0.3) is 11.5 Å². The zero-order chi connectivity index (χ0) is 22.2. The van der Waals surface area contributed by atoms with Crippen LogP contribution in [0.3, 0.4) is 0 Å². The largest absolute Gasteiger partial charge is 0.493 e. The molecule has 1 amide bonds. The first kappa shape index (κ1) is 20.9. The summed E-state index contributed by atoms with van der Waals surface area (Å²) in [5.74, 6) is 2.09. The van der Waals surface area contributed by atoms with Crippen molar-refractivity contribution in [2.45, 2.75) is 38.5 Å². The molecular formula is C24H27N3O4. The summed E-state index contributed by atoms with van der Waals surface area (Å²) in [7, 11) is 3.16. The number of amides is 1. The van der Waals surface area contributed by atoms with Crippen LogP contribution >= 0.6 is 0 Å².